The normalized spacial score (nSPS) is 15.8. The molecule has 4 atom stereocenters. The number of alkyl carbamates (subject to hydrolysis) is 2. The lowest BCUT2D eigenvalue weighted by Gasteiger charge is -2.46. The largest absolute Gasteiger partial charge is 0.484 e. The number of carbonyl (C=O) groups excluding carboxylic acids is 6. The van der Waals surface area contributed by atoms with E-state index in [9.17, 15) is 28.8 Å². The first-order valence-electron chi connectivity index (χ1n) is 29.4. The van der Waals surface area contributed by atoms with Crippen LogP contribution in [0.4, 0.5) is 9.59 Å². The van der Waals surface area contributed by atoms with Gasteiger partial charge in [-0.15, -0.1) is 0 Å². The van der Waals surface area contributed by atoms with Crippen molar-refractivity contribution in [1.29, 1.82) is 0 Å². The SMILES string of the molecule is C=C(N)NCCC[C@H]1C(=O)N(C(=O)COc2ccc3ccccc3c2)[C@@H]1CCc1ccccc1.O=C(NC(=NCCC[C@H]1C(=O)N(C(=O)COc2ccc3ccccc3c2)[C@@H]1C=Cc1ccccc1)NC(=O)OCc1ccccc1)OCc1ccccc1. The molecule has 6 amide bonds. The molecule has 88 heavy (non-hydrogen) atoms. The summed E-state index contributed by atoms with van der Waals surface area (Å²) in [5.74, 6) is -0.391. The maximum absolute atomic E-state index is 13.4. The first kappa shape index (κ1) is 62.0. The fraction of sp³-hybridized carbons (Fsp3) is 0.225. The summed E-state index contributed by atoms with van der Waals surface area (Å²) in [7, 11) is 0. The van der Waals surface area contributed by atoms with Crippen molar-refractivity contribution in [3.05, 3.63) is 247 Å². The number of β-lactam (4-membered cyclic amide) rings is 2. The number of guanidine groups is 1. The van der Waals surface area contributed by atoms with Crippen LogP contribution in [0.25, 0.3) is 27.6 Å². The highest BCUT2D eigenvalue weighted by Gasteiger charge is 2.50. The Hall–Kier alpha value is -10.6. The molecule has 8 aromatic carbocycles. The zero-order valence-corrected chi connectivity index (χ0v) is 48.8. The lowest BCUT2D eigenvalue weighted by molar-refractivity contribution is -0.168. The molecule has 2 aliphatic heterocycles. The van der Waals surface area contributed by atoms with Crippen molar-refractivity contribution in [1.82, 2.24) is 25.8 Å². The number of carbonyl (C=O) groups is 6. The molecule has 0 aromatic heterocycles. The Morgan fingerprint density at radius 3 is 1.53 bits per heavy atom. The minimum Gasteiger partial charge on any atom is -0.484 e. The van der Waals surface area contributed by atoms with Crippen LogP contribution in [-0.2, 0) is 48.3 Å². The average molecular weight is 1180 g/mol. The van der Waals surface area contributed by atoms with Gasteiger partial charge in [0.05, 0.1) is 29.7 Å². The molecule has 2 fully saturated rings. The highest BCUT2D eigenvalue weighted by molar-refractivity contribution is 6.04. The molecule has 17 nitrogen and oxygen atoms in total. The Labute approximate surface area is 511 Å². The van der Waals surface area contributed by atoms with Gasteiger partial charge in [0.25, 0.3) is 11.8 Å². The first-order valence-corrected chi connectivity index (χ1v) is 29.4. The molecule has 8 aromatic rings. The standard InChI is InChI=1S/C43H40N4O7.C28H31N3O3/c48-39(30-52-36-24-23-34-19-10-11-20-35(34)27-36)47-38(25-22-31-13-4-1-5-14-31)37(40(47)49)21-12-26-44-41(45-42(50)53-28-32-15-6-2-7-16-32)46-43(51)54-29-33-17-8-3-9-18-33;1-20(29)30-17-7-12-25-26(16-13-21-8-3-2-4-9-21)31(28(25)33)27(32)19-34-24-15-14-22-10-5-6-11-23(22)18-24/h1-11,13-20,22-25,27,37-38H,12,21,26,28-30H2,(H2,44,45,46,50,51);2-6,8-11,14-15,18,25-26,30H,1,7,12-13,16-17,19,29H2/t37-,38-;25-,26-/m11/s1. The van der Waals surface area contributed by atoms with Crippen molar-refractivity contribution in [3.8, 4) is 11.5 Å². The van der Waals surface area contributed by atoms with Crippen LogP contribution in [-0.4, -0.2) is 90.0 Å². The summed E-state index contributed by atoms with van der Waals surface area (Å²) < 4.78 is 22.2. The van der Waals surface area contributed by atoms with E-state index in [4.69, 9.17) is 24.7 Å². The Morgan fingerprint density at radius 1 is 0.534 bits per heavy atom. The van der Waals surface area contributed by atoms with Gasteiger partial charge in [-0.3, -0.25) is 44.6 Å². The average Bonchev–Trinajstić information content (AvgIpc) is 1.05. The van der Waals surface area contributed by atoms with Gasteiger partial charge in [0.1, 0.15) is 24.7 Å². The minimum absolute atomic E-state index is 0.0165. The number of rotatable bonds is 24. The number of likely N-dealkylation sites (tertiary alicyclic amines) is 2. The second kappa shape index (κ2) is 31.5. The number of benzene rings is 8. The minimum atomic E-state index is -0.818. The molecule has 2 heterocycles. The summed E-state index contributed by atoms with van der Waals surface area (Å²) in [6, 6.07) is 64.6. The van der Waals surface area contributed by atoms with E-state index in [2.05, 4.69) is 39.7 Å². The van der Waals surface area contributed by atoms with E-state index >= 15 is 0 Å². The Balaban J connectivity index is 0.000000232. The van der Waals surface area contributed by atoms with Crippen LogP contribution in [0.3, 0.4) is 0 Å². The van der Waals surface area contributed by atoms with Crippen LogP contribution < -0.4 is 31.2 Å². The zero-order valence-electron chi connectivity index (χ0n) is 48.8. The van der Waals surface area contributed by atoms with Gasteiger partial charge in [0.15, 0.2) is 13.2 Å². The van der Waals surface area contributed by atoms with Gasteiger partial charge in [-0.05, 0) is 107 Å². The molecular formula is C71H71N7O10. The van der Waals surface area contributed by atoms with E-state index in [0.717, 1.165) is 57.5 Å². The fourth-order valence-corrected chi connectivity index (χ4v) is 10.5. The zero-order chi connectivity index (χ0) is 61.5. The molecule has 17 heteroatoms. The lowest BCUT2D eigenvalue weighted by Crippen LogP contribution is -2.64. The van der Waals surface area contributed by atoms with Crippen molar-refractivity contribution in [2.45, 2.75) is 63.8 Å². The van der Waals surface area contributed by atoms with E-state index < -0.39 is 30.1 Å². The van der Waals surface area contributed by atoms with Crippen LogP contribution >= 0.6 is 0 Å². The number of hydrogen-bond donors (Lipinski definition) is 4. The number of amides is 6. The third kappa shape index (κ3) is 17.8. The number of hydrogen-bond acceptors (Lipinski definition) is 13. The van der Waals surface area contributed by atoms with Crippen LogP contribution in [0.15, 0.2) is 230 Å². The Bertz CT molecular complexity index is 3680. The van der Waals surface area contributed by atoms with Crippen LogP contribution in [0, 0.1) is 11.8 Å². The van der Waals surface area contributed by atoms with Crippen molar-refractivity contribution in [2.24, 2.45) is 22.6 Å². The molecule has 5 N–H and O–H groups in total. The van der Waals surface area contributed by atoms with Gasteiger partial charge in [0, 0.05) is 13.1 Å². The van der Waals surface area contributed by atoms with E-state index in [-0.39, 0.29) is 68.6 Å². The summed E-state index contributed by atoms with van der Waals surface area (Å²) in [5.41, 5.74) is 9.26. The molecule has 0 aliphatic carbocycles. The molecule has 0 spiro atoms. The van der Waals surface area contributed by atoms with Crippen molar-refractivity contribution in [2.75, 3.05) is 26.3 Å². The number of nitrogens with zero attached hydrogens (tertiary/aromatic N) is 3. The molecule has 450 valence electrons. The third-order valence-electron chi connectivity index (χ3n) is 15.0. The summed E-state index contributed by atoms with van der Waals surface area (Å²) in [6.07, 6.45) is 5.94. The van der Waals surface area contributed by atoms with Crippen molar-refractivity contribution >= 4 is 69.4 Å². The smallest absolute Gasteiger partial charge is 0.414 e. The fourth-order valence-electron chi connectivity index (χ4n) is 10.5. The molecule has 2 aliphatic rings. The number of aliphatic imine (C=N–C) groups is 1. The number of ether oxygens (including phenoxy) is 4. The van der Waals surface area contributed by atoms with Gasteiger partial charge in [-0.1, -0.05) is 201 Å². The van der Waals surface area contributed by atoms with E-state index in [1.54, 1.807) is 6.07 Å². The monoisotopic (exact) mass is 1180 g/mol. The summed E-state index contributed by atoms with van der Waals surface area (Å²) in [6.45, 7) is 4.01. The van der Waals surface area contributed by atoms with Gasteiger partial charge >= 0.3 is 12.2 Å². The van der Waals surface area contributed by atoms with Gasteiger partial charge in [-0.25, -0.2) is 9.59 Å². The molecule has 0 unspecified atom stereocenters. The second-order valence-electron chi connectivity index (χ2n) is 21.2. The lowest BCUT2D eigenvalue weighted by atomic mass is 9.80. The summed E-state index contributed by atoms with van der Waals surface area (Å²) >= 11 is 0. The molecular weight excluding hydrogens is 1110 g/mol. The van der Waals surface area contributed by atoms with E-state index in [1.807, 2.05) is 200 Å². The van der Waals surface area contributed by atoms with Gasteiger partial charge in [-0.2, -0.15) is 0 Å². The number of fused-ring (bicyclic) bond motifs is 2. The summed E-state index contributed by atoms with van der Waals surface area (Å²) in [4.78, 5) is 85.1. The maximum atomic E-state index is 13.4. The quantitative estimate of drug-likeness (QED) is 0.0192. The predicted molar refractivity (Wildman–Crippen MR) is 339 cm³/mol. The highest BCUT2D eigenvalue weighted by Crippen LogP contribution is 2.35. The molecule has 0 radical (unpaired) electrons. The van der Waals surface area contributed by atoms with Crippen LogP contribution in [0.5, 0.6) is 11.5 Å². The Kier molecular flexibility index (Phi) is 22.2. The molecule has 2 saturated heterocycles. The van der Waals surface area contributed by atoms with Crippen molar-refractivity contribution in [3.63, 3.8) is 0 Å². The third-order valence-corrected chi connectivity index (χ3v) is 15.0. The summed E-state index contributed by atoms with van der Waals surface area (Å²) in [5, 5.41) is 12.1. The molecule has 0 bridgehead atoms. The number of nitrogens with two attached hydrogens (primary N) is 1. The number of nitrogens with one attached hydrogen (secondary N) is 3. The predicted octanol–water partition coefficient (Wildman–Crippen LogP) is 11.3. The topological polar surface area (TPSA) is 220 Å². The number of imide groups is 2. The Morgan fingerprint density at radius 2 is 1.00 bits per heavy atom. The number of aryl methyl sites for hydroxylation is 1. The molecule has 0 saturated carbocycles. The molecule has 10 rings (SSSR count). The maximum Gasteiger partial charge on any atom is 0.414 e. The van der Waals surface area contributed by atoms with Crippen LogP contribution in [0.1, 0.15) is 54.4 Å². The highest BCUT2D eigenvalue weighted by atomic mass is 16.6. The van der Waals surface area contributed by atoms with E-state index in [0.29, 0.717) is 43.1 Å². The van der Waals surface area contributed by atoms with Crippen LogP contribution in [0.2, 0.25) is 0 Å². The van der Waals surface area contributed by atoms with Gasteiger partial charge < -0.3 is 30.0 Å². The second-order valence-corrected chi connectivity index (χ2v) is 21.2. The van der Waals surface area contributed by atoms with E-state index in [1.165, 1.54) is 15.4 Å². The van der Waals surface area contributed by atoms with Gasteiger partial charge in [0.2, 0.25) is 17.8 Å². The van der Waals surface area contributed by atoms with Crippen molar-refractivity contribution < 1.29 is 47.7 Å². The first-order chi connectivity index (χ1) is 42.9.